The Hall–Kier alpha value is -0.820. The van der Waals surface area contributed by atoms with Gasteiger partial charge in [0.2, 0.25) is 0 Å². The van der Waals surface area contributed by atoms with Crippen LogP contribution in [0.1, 0.15) is 34.1 Å². The van der Waals surface area contributed by atoms with E-state index in [1.54, 1.807) is 20.8 Å². The second kappa shape index (κ2) is 6.94. The molecule has 0 aliphatic carbocycles. The summed E-state index contributed by atoms with van der Waals surface area (Å²) in [4.78, 5) is 11.3. The Morgan fingerprint density at radius 2 is 1.89 bits per heavy atom. The Labute approximate surface area is 109 Å². The van der Waals surface area contributed by atoms with E-state index in [0.29, 0.717) is 13.0 Å². The highest BCUT2D eigenvalue weighted by molar-refractivity contribution is 7.85. The molecule has 0 saturated carbocycles. The molecule has 1 N–H and O–H groups in total. The van der Waals surface area contributed by atoms with Crippen LogP contribution >= 0.6 is 0 Å². The first-order valence-corrected chi connectivity index (χ1v) is 7.62. The van der Waals surface area contributed by atoms with Gasteiger partial charge in [0.1, 0.15) is 5.60 Å². The number of carbonyl (C=O) groups is 1. The molecular formula is C11H23NO5S. The van der Waals surface area contributed by atoms with Crippen molar-refractivity contribution < 1.29 is 22.1 Å². The summed E-state index contributed by atoms with van der Waals surface area (Å²) < 4.78 is 31.2. The normalized spacial score (nSPS) is 14.1. The third-order valence-corrected chi connectivity index (χ3v) is 2.44. The van der Waals surface area contributed by atoms with E-state index in [4.69, 9.17) is 4.74 Å². The summed E-state index contributed by atoms with van der Waals surface area (Å²) in [6.45, 7) is 7.75. The van der Waals surface area contributed by atoms with Crippen molar-refractivity contribution in [2.75, 3.05) is 19.4 Å². The van der Waals surface area contributed by atoms with Crippen molar-refractivity contribution >= 4 is 16.2 Å². The maximum atomic E-state index is 11.3. The molecule has 108 valence electrons. The minimum absolute atomic E-state index is 0.0367. The van der Waals surface area contributed by atoms with E-state index in [-0.39, 0.29) is 12.5 Å². The van der Waals surface area contributed by atoms with Crippen LogP contribution in [-0.2, 0) is 19.0 Å². The molecule has 0 spiro atoms. The molecule has 0 aromatic heterocycles. The van der Waals surface area contributed by atoms with Crippen LogP contribution < -0.4 is 5.32 Å². The zero-order valence-electron chi connectivity index (χ0n) is 11.6. The summed E-state index contributed by atoms with van der Waals surface area (Å²) >= 11 is 0. The lowest BCUT2D eigenvalue weighted by Crippen LogP contribution is -2.33. The molecule has 0 radical (unpaired) electrons. The molecule has 18 heavy (non-hydrogen) atoms. The Kier molecular flexibility index (Phi) is 6.62. The Balaban J connectivity index is 3.75. The van der Waals surface area contributed by atoms with Crippen LogP contribution in [0.4, 0.5) is 4.79 Å². The predicted octanol–water partition coefficient (Wildman–Crippen LogP) is 1.51. The van der Waals surface area contributed by atoms with E-state index in [1.807, 2.05) is 6.92 Å². The van der Waals surface area contributed by atoms with Gasteiger partial charge in [-0.1, -0.05) is 6.92 Å². The topological polar surface area (TPSA) is 81.7 Å². The predicted molar refractivity (Wildman–Crippen MR) is 68.8 cm³/mol. The van der Waals surface area contributed by atoms with E-state index in [0.717, 1.165) is 6.26 Å². The van der Waals surface area contributed by atoms with Gasteiger partial charge in [-0.25, -0.2) is 4.79 Å². The lowest BCUT2D eigenvalue weighted by molar-refractivity contribution is 0.0524. The molecule has 0 bridgehead atoms. The number of nitrogens with one attached hydrogen (secondary N) is 1. The summed E-state index contributed by atoms with van der Waals surface area (Å²) in [7, 11) is -3.40. The highest BCUT2D eigenvalue weighted by Gasteiger charge is 2.16. The van der Waals surface area contributed by atoms with Gasteiger partial charge in [-0.2, -0.15) is 8.42 Å². The number of rotatable bonds is 6. The van der Waals surface area contributed by atoms with Crippen LogP contribution in [0.5, 0.6) is 0 Å². The van der Waals surface area contributed by atoms with Crippen molar-refractivity contribution in [3.63, 3.8) is 0 Å². The van der Waals surface area contributed by atoms with E-state index >= 15 is 0 Å². The zero-order valence-corrected chi connectivity index (χ0v) is 12.5. The second-order valence-electron chi connectivity index (χ2n) is 5.31. The Morgan fingerprint density at radius 3 is 2.33 bits per heavy atom. The molecule has 0 aliphatic rings. The Morgan fingerprint density at radius 1 is 1.33 bits per heavy atom. The van der Waals surface area contributed by atoms with Crippen molar-refractivity contribution in [1.82, 2.24) is 5.32 Å². The van der Waals surface area contributed by atoms with Gasteiger partial charge >= 0.3 is 6.09 Å². The molecule has 0 aromatic rings. The van der Waals surface area contributed by atoms with E-state index < -0.39 is 21.8 Å². The van der Waals surface area contributed by atoms with Crippen LogP contribution in [0.15, 0.2) is 0 Å². The molecule has 0 aromatic carbocycles. The molecule has 7 heteroatoms. The molecule has 6 nitrogen and oxygen atoms in total. The second-order valence-corrected chi connectivity index (χ2v) is 6.96. The first kappa shape index (κ1) is 17.2. The first-order chi connectivity index (χ1) is 7.99. The maximum Gasteiger partial charge on any atom is 0.407 e. The fraction of sp³-hybridized carbons (Fsp3) is 0.909. The van der Waals surface area contributed by atoms with Gasteiger partial charge in [0.15, 0.2) is 0 Å². The lowest BCUT2D eigenvalue weighted by Gasteiger charge is -2.20. The molecule has 0 heterocycles. The zero-order chi connectivity index (χ0) is 14.4. The minimum atomic E-state index is -3.40. The smallest absolute Gasteiger partial charge is 0.407 e. The minimum Gasteiger partial charge on any atom is -0.444 e. The molecule has 0 aliphatic heterocycles. The lowest BCUT2D eigenvalue weighted by atomic mass is 10.1. The number of hydrogen-bond acceptors (Lipinski definition) is 5. The summed E-state index contributed by atoms with van der Waals surface area (Å²) in [5.74, 6) is 0.0367. The quantitative estimate of drug-likeness (QED) is 0.746. The van der Waals surface area contributed by atoms with Crippen molar-refractivity contribution in [2.24, 2.45) is 5.92 Å². The average molecular weight is 281 g/mol. The van der Waals surface area contributed by atoms with Crippen molar-refractivity contribution in [3.8, 4) is 0 Å². The number of carbonyl (C=O) groups excluding carboxylic acids is 1. The summed E-state index contributed by atoms with van der Waals surface area (Å²) in [5.41, 5.74) is -0.519. The van der Waals surface area contributed by atoms with Crippen LogP contribution in [0.3, 0.4) is 0 Å². The van der Waals surface area contributed by atoms with Gasteiger partial charge in [0.05, 0.1) is 12.9 Å². The van der Waals surface area contributed by atoms with E-state index in [2.05, 4.69) is 9.50 Å². The van der Waals surface area contributed by atoms with Crippen molar-refractivity contribution in [3.05, 3.63) is 0 Å². The number of amides is 1. The highest BCUT2D eigenvalue weighted by atomic mass is 32.2. The number of alkyl carbamates (subject to hydrolysis) is 1. The molecule has 1 unspecified atom stereocenters. The fourth-order valence-electron chi connectivity index (χ4n) is 1.06. The standard InChI is InChI=1S/C11H23NO5S/c1-9(8-16-18(5,14)15)6-7-12-10(13)17-11(2,3)4/h9H,6-8H2,1-5H3,(H,12,13). The average Bonchev–Trinajstić information content (AvgIpc) is 2.10. The molecule has 1 atom stereocenters. The van der Waals surface area contributed by atoms with Crippen LogP contribution in [0.25, 0.3) is 0 Å². The van der Waals surface area contributed by atoms with Gasteiger partial charge in [-0.3, -0.25) is 4.18 Å². The fourth-order valence-corrected chi connectivity index (χ4v) is 1.54. The maximum absolute atomic E-state index is 11.3. The molecular weight excluding hydrogens is 258 g/mol. The van der Waals surface area contributed by atoms with Gasteiger partial charge < -0.3 is 10.1 Å². The highest BCUT2D eigenvalue weighted by Crippen LogP contribution is 2.07. The SMILES string of the molecule is CC(CCNC(=O)OC(C)(C)C)COS(C)(=O)=O. The number of ether oxygens (including phenoxy) is 1. The van der Waals surface area contributed by atoms with Gasteiger partial charge in [-0.15, -0.1) is 0 Å². The third-order valence-electron chi connectivity index (χ3n) is 1.87. The van der Waals surface area contributed by atoms with Gasteiger partial charge in [0.25, 0.3) is 10.1 Å². The molecule has 1 amide bonds. The van der Waals surface area contributed by atoms with E-state index in [9.17, 15) is 13.2 Å². The summed E-state index contributed by atoms with van der Waals surface area (Å²) in [6.07, 6.45) is 1.16. The third kappa shape index (κ3) is 11.7. The Bertz CT molecular complexity index is 358. The van der Waals surface area contributed by atoms with Crippen LogP contribution in [0, 0.1) is 5.92 Å². The van der Waals surface area contributed by atoms with Gasteiger partial charge in [-0.05, 0) is 33.1 Å². The molecule has 0 saturated heterocycles. The largest absolute Gasteiger partial charge is 0.444 e. The van der Waals surface area contributed by atoms with Crippen molar-refractivity contribution in [2.45, 2.75) is 39.7 Å². The monoisotopic (exact) mass is 281 g/mol. The van der Waals surface area contributed by atoms with Crippen LogP contribution in [0.2, 0.25) is 0 Å². The van der Waals surface area contributed by atoms with E-state index in [1.165, 1.54) is 0 Å². The van der Waals surface area contributed by atoms with Crippen LogP contribution in [-0.4, -0.2) is 39.5 Å². The molecule has 0 fully saturated rings. The number of hydrogen-bond donors (Lipinski definition) is 1. The summed E-state index contributed by atoms with van der Waals surface area (Å²) in [6, 6.07) is 0. The van der Waals surface area contributed by atoms with Crippen molar-refractivity contribution in [1.29, 1.82) is 0 Å². The van der Waals surface area contributed by atoms with Gasteiger partial charge in [0, 0.05) is 6.54 Å². The first-order valence-electron chi connectivity index (χ1n) is 5.81. The summed E-state index contributed by atoms with van der Waals surface area (Å²) in [5, 5.41) is 2.60. The molecule has 0 rings (SSSR count).